The Bertz CT molecular complexity index is 627. The summed E-state index contributed by atoms with van der Waals surface area (Å²) in [5.41, 5.74) is 0. The van der Waals surface area contributed by atoms with E-state index in [0.29, 0.717) is 13.0 Å². The van der Waals surface area contributed by atoms with Crippen molar-refractivity contribution in [1.29, 1.82) is 0 Å². The summed E-state index contributed by atoms with van der Waals surface area (Å²) in [7, 11) is 4.18. The Balaban J connectivity index is 1.57. The van der Waals surface area contributed by atoms with Crippen LogP contribution in [0.5, 0.6) is 0 Å². The smallest absolute Gasteiger partial charge is 0.242 e. The Kier molecular flexibility index (Phi) is 6.29. The van der Waals surface area contributed by atoms with Crippen molar-refractivity contribution in [1.82, 2.24) is 24.3 Å². The standard InChI is InChI=1S/C19H31N5O2/c1-21(2)9-5-12-22-13-8-20-19(22)16-6-3-10-23(14-16)18(26)15-24-11-4-7-17(24)25/h8,13,16H,3-7,9-12,14-15H2,1-2H3. The van der Waals surface area contributed by atoms with Crippen molar-refractivity contribution in [3.8, 4) is 0 Å². The van der Waals surface area contributed by atoms with Crippen LogP contribution in [0.3, 0.4) is 0 Å². The first kappa shape index (κ1) is 18.9. The minimum Gasteiger partial charge on any atom is -0.340 e. The van der Waals surface area contributed by atoms with Crippen molar-refractivity contribution in [3.63, 3.8) is 0 Å². The lowest BCUT2D eigenvalue weighted by Crippen LogP contribution is -2.45. The van der Waals surface area contributed by atoms with Gasteiger partial charge in [-0.3, -0.25) is 9.59 Å². The fourth-order valence-electron chi connectivity index (χ4n) is 3.98. The molecule has 7 nitrogen and oxygen atoms in total. The number of carbonyl (C=O) groups excluding carboxylic acids is 2. The van der Waals surface area contributed by atoms with E-state index in [4.69, 9.17) is 0 Å². The van der Waals surface area contributed by atoms with Crippen LogP contribution in [0.2, 0.25) is 0 Å². The molecule has 0 radical (unpaired) electrons. The van der Waals surface area contributed by atoms with Crippen LogP contribution in [0.4, 0.5) is 0 Å². The molecule has 3 rings (SSSR count). The molecule has 144 valence electrons. The van der Waals surface area contributed by atoms with Gasteiger partial charge in [0.15, 0.2) is 0 Å². The molecular formula is C19H31N5O2. The molecule has 2 saturated heterocycles. The topological polar surface area (TPSA) is 61.7 Å². The molecular weight excluding hydrogens is 330 g/mol. The number of amides is 2. The number of rotatable bonds is 7. The number of piperidine rings is 1. The molecule has 7 heteroatoms. The van der Waals surface area contributed by atoms with Crippen LogP contribution in [0.1, 0.15) is 43.8 Å². The second-order valence-corrected chi connectivity index (χ2v) is 7.73. The van der Waals surface area contributed by atoms with Crippen LogP contribution in [0.15, 0.2) is 12.4 Å². The van der Waals surface area contributed by atoms with Crippen molar-refractivity contribution >= 4 is 11.8 Å². The number of hydrogen-bond donors (Lipinski definition) is 0. The van der Waals surface area contributed by atoms with E-state index in [2.05, 4.69) is 34.7 Å². The van der Waals surface area contributed by atoms with E-state index >= 15 is 0 Å². The third kappa shape index (κ3) is 4.63. The molecule has 3 heterocycles. The SMILES string of the molecule is CN(C)CCCn1ccnc1C1CCCN(C(=O)CN2CCCC2=O)C1. The van der Waals surface area contributed by atoms with Gasteiger partial charge in [0.25, 0.3) is 0 Å². The van der Waals surface area contributed by atoms with Crippen molar-refractivity contribution in [3.05, 3.63) is 18.2 Å². The lowest BCUT2D eigenvalue weighted by Gasteiger charge is -2.33. The number of hydrogen-bond acceptors (Lipinski definition) is 4. The number of aryl methyl sites for hydroxylation is 1. The van der Waals surface area contributed by atoms with Crippen molar-refractivity contribution in [2.24, 2.45) is 0 Å². The van der Waals surface area contributed by atoms with Crippen LogP contribution >= 0.6 is 0 Å². The quantitative estimate of drug-likeness (QED) is 0.731. The zero-order valence-electron chi connectivity index (χ0n) is 16.1. The van der Waals surface area contributed by atoms with E-state index in [-0.39, 0.29) is 24.3 Å². The molecule has 0 bridgehead atoms. The molecule has 2 amide bonds. The van der Waals surface area contributed by atoms with E-state index in [1.807, 2.05) is 11.1 Å². The normalized spacial score (nSPS) is 21.0. The predicted molar refractivity (Wildman–Crippen MR) is 99.8 cm³/mol. The average molecular weight is 361 g/mol. The van der Waals surface area contributed by atoms with E-state index in [9.17, 15) is 9.59 Å². The third-order valence-electron chi connectivity index (χ3n) is 5.39. The largest absolute Gasteiger partial charge is 0.340 e. The van der Waals surface area contributed by atoms with E-state index in [1.54, 1.807) is 4.90 Å². The molecule has 2 fully saturated rings. The molecule has 1 unspecified atom stereocenters. The lowest BCUT2D eigenvalue weighted by atomic mass is 9.97. The van der Waals surface area contributed by atoms with Crippen LogP contribution in [-0.2, 0) is 16.1 Å². The Hall–Kier alpha value is -1.89. The summed E-state index contributed by atoms with van der Waals surface area (Å²) in [5, 5.41) is 0. The maximum atomic E-state index is 12.6. The van der Waals surface area contributed by atoms with Gasteiger partial charge in [0.1, 0.15) is 5.82 Å². The molecule has 0 N–H and O–H groups in total. The zero-order valence-corrected chi connectivity index (χ0v) is 16.1. The molecule has 0 saturated carbocycles. The zero-order chi connectivity index (χ0) is 18.5. The fraction of sp³-hybridized carbons (Fsp3) is 0.737. The first-order valence-corrected chi connectivity index (χ1v) is 9.76. The molecule has 1 aromatic heterocycles. The summed E-state index contributed by atoms with van der Waals surface area (Å²) in [4.78, 5) is 34.8. The van der Waals surface area contributed by atoms with Gasteiger partial charge in [0.05, 0.1) is 6.54 Å². The summed E-state index contributed by atoms with van der Waals surface area (Å²) in [6.07, 6.45) is 8.53. The Morgan fingerprint density at radius 3 is 2.88 bits per heavy atom. The van der Waals surface area contributed by atoms with Crippen LogP contribution in [0, 0.1) is 0 Å². The van der Waals surface area contributed by atoms with Gasteiger partial charge in [-0.05, 0) is 46.3 Å². The number of imidazole rings is 1. The number of likely N-dealkylation sites (tertiary alicyclic amines) is 2. The summed E-state index contributed by atoms with van der Waals surface area (Å²) in [5.74, 6) is 1.58. The minimum absolute atomic E-state index is 0.0793. The van der Waals surface area contributed by atoms with Crippen LogP contribution < -0.4 is 0 Å². The van der Waals surface area contributed by atoms with Gasteiger partial charge in [-0.15, -0.1) is 0 Å². The highest BCUT2D eigenvalue weighted by molar-refractivity contribution is 5.86. The second kappa shape index (κ2) is 8.66. The van der Waals surface area contributed by atoms with Crippen LogP contribution in [-0.4, -0.2) is 82.9 Å². The average Bonchev–Trinajstić information content (AvgIpc) is 3.24. The minimum atomic E-state index is 0.0793. The fourth-order valence-corrected chi connectivity index (χ4v) is 3.98. The van der Waals surface area contributed by atoms with E-state index in [1.165, 1.54) is 0 Å². The first-order valence-electron chi connectivity index (χ1n) is 9.76. The summed E-state index contributed by atoms with van der Waals surface area (Å²) >= 11 is 0. The van der Waals surface area contributed by atoms with Crippen LogP contribution in [0.25, 0.3) is 0 Å². The molecule has 1 aromatic rings. The van der Waals surface area contributed by atoms with E-state index in [0.717, 1.165) is 57.7 Å². The van der Waals surface area contributed by atoms with Crippen molar-refractivity contribution < 1.29 is 9.59 Å². The molecule has 2 aliphatic heterocycles. The number of carbonyl (C=O) groups is 2. The lowest BCUT2D eigenvalue weighted by molar-refractivity contribution is -0.139. The van der Waals surface area contributed by atoms with Gasteiger partial charge in [-0.1, -0.05) is 0 Å². The van der Waals surface area contributed by atoms with Gasteiger partial charge in [0.2, 0.25) is 11.8 Å². The maximum Gasteiger partial charge on any atom is 0.242 e. The first-order chi connectivity index (χ1) is 12.5. The Labute approximate surface area is 156 Å². The van der Waals surface area contributed by atoms with Gasteiger partial charge in [-0.2, -0.15) is 0 Å². The highest BCUT2D eigenvalue weighted by atomic mass is 16.2. The van der Waals surface area contributed by atoms with Gasteiger partial charge in [-0.25, -0.2) is 4.98 Å². The number of aromatic nitrogens is 2. The third-order valence-corrected chi connectivity index (χ3v) is 5.39. The molecule has 0 spiro atoms. The monoisotopic (exact) mass is 361 g/mol. The molecule has 0 aliphatic carbocycles. The molecule has 1 atom stereocenters. The van der Waals surface area contributed by atoms with Gasteiger partial charge < -0.3 is 19.3 Å². The highest BCUT2D eigenvalue weighted by Crippen LogP contribution is 2.26. The van der Waals surface area contributed by atoms with Crippen molar-refractivity contribution in [2.45, 2.75) is 44.6 Å². The molecule has 0 aromatic carbocycles. The molecule has 26 heavy (non-hydrogen) atoms. The second-order valence-electron chi connectivity index (χ2n) is 7.73. The Morgan fingerprint density at radius 1 is 1.31 bits per heavy atom. The highest BCUT2D eigenvalue weighted by Gasteiger charge is 2.30. The summed E-state index contributed by atoms with van der Waals surface area (Å²) in [6.45, 7) is 4.47. The van der Waals surface area contributed by atoms with Gasteiger partial charge >= 0.3 is 0 Å². The Morgan fingerprint density at radius 2 is 2.15 bits per heavy atom. The summed E-state index contributed by atoms with van der Waals surface area (Å²) < 4.78 is 2.24. The predicted octanol–water partition coefficient (Wildman–Crippen LogP) is 1.16. The van der Waals surface area contributed by atoms with E-state index < -0.39 is 0 Å². The summed E-state index contributed by atoms with van der Waals surface area (Å²) in [6, 6.07) is 0. The van der Waals surface area contributed by atoms with Crippen molar-refractivity contribution in [2.75, 3.05) is 46.8 Å². The van der Waals surface area contributed by atoms with Gasteiger partial charge in [0, 0.05) is 50.9 Å². The number of nitrogens with zero attached hydrogens (tertiary/aromatic N) is 5. The molecule has 2 aliphatic rings. The maximum absolute atomic E-state index is 12.6.